The molecule has 0 amide bonds. The highest BCUT2D eigenvalue weighted by atomic mass is 19.1. The molecule has 2 N–H and O–H groups in total. The van der Waals surface area contributed by atoms with Gasteiger partial charge in [-0.2, -0.15) is 0 Å². The Bertz CT molecular complexity index is 369. The molecule has 1 aliphatic rings. The van der Waals surface area contributed by atoms with Gasteiger partial charge < -0.3 is 10.5 Å². The van der Waals surface area contributed by atoms with Crippen molar-refractivity contribution in [1.29, 1.82) is 0 Å². The maximum absolute atomic E-state index is 14.7. The van der Waals surface area contributed by atoms with E-state index in [9.17, 15) is 4.39 Å². The Morgan fingerprint density at radius 1 is 1.50 bits per heavy atom. The predicted octanol–water partition coefficient (Wildman–Crippen LogP) is 2.76. The third-order valence-electron chi connectivity index (χ3n) is 3.32. The standard InChI is InChI=1S/C13H18FNO/c1-16-12-6-2-4-10(8-12)13(14)7-3-5-11(15)9-13/h2,4,6,8,11H,3,5,7,9,15H2,1H3. The molecule has 1 saturated carbocycles. The van der Waals surface area contributed by atoms with Crippen LogP contribution < -0.4 is 10.5 Å². The Labute approximate surface area is 95.6 Å². The van der Waals surface area contributed by atoms with Gasteiger partial charge in [-0.25, -0.2) is 4.39 Å². The molecule has 2 rings (SSSR count). The monoisotopic (exact) mass is 223 g/mol. The maximum Gasteiger partial charge on any atom is 0.137 e. The molecule has 2 nitrogen and oxygen atoms in total. The number of methoxy groups -OCH3 is 1. The lowest BCUT2D eigenvalue weighted by molar-refractivity contribution is 0.0945. The van der Waals surface area contributed by atoms with Gasteiger partial charge in [0.05, 0.1) is 7.11 Å². The van der Waals surface area contributed by atoms with E-state index in [1.54, 1.807) is 13.2 Å². The lowest BCUT2D eigenvalue weighted by Gasteiger charge is -2.33. The molecule has 0 aromatic heterocycles. The van der Waals surface area contributed by atoms with E-state index in [0.29, 0.717) is 24.2 Å². The summed E-state index contributed by atoms with van der Waals surface area (Å²) in [6.45, 7) is 0. The van der Waals surface area contributed by atoms with E-state index in [2.05, 4.69) is 0 Å². The summed E-state index contributed by atoms with van der Waals surface area (Å²) in [7, 11) is 1.59. The van der Waals surface area contributed by atoms with Crippen molar-refractivity contribution in [2.45, 2.75) is 37.4 Å². The Balaban J connectivity index is 2.27. The van der Waals surface area contributed by atoms with E-state index in [0.717, 1.165) is 12.8 Å². The highest BCUT2D eigenvalue weighted by Crippen LogP contribution is 2.41. The van der Waals surface area contributed by atoms with Crippen LogP contribution in [0.15, 0.2) is 24.3 Å². The summed E-state index contributed by atoms with van der Waals surface area (Å²) < 4.78 is 19.9. The maximum atomic E-state index is 14.7. The van der Waals surface area contributed by atoms with Crippen molar-refractivity contribution in [1.82, 2.24) is 0 Å². The highest BCUT2D eigenvalue weighted by molar-refractivity contribution is 5.32. The van der Waals surface area contributed by atoms with Crippen molar-refractivity contribution in [2.24, 2.45) is 5.73 Å². The Morgan fingerprint density at radius 2 is 2.31 bits per heavy atom. The van der Waals surface area contributed by atoms with E-state index >= 15 is 0 Å². The zero-order valence-corrected chi connectivity index (χ0v) is 9.58. The van der Waals surface area contributed by atoms with Crippen LogP contribution in [0.3, 0.4) is 0 Å². The van der Waals surface area contributed by atoms with Crippen LogP contribution in [-0.2, 0) is 5.67 Å². The van der Waals surface area contributed by atoms with Gasteiger partial charge in [-0.3, -0.25) is 0 Å². The van der Waals surface area contributed by atoms with Crippen LogP contribution in [0, 0.1) is 0 Å². The van der Waals surface area contributed by atoms with Crippen LogP contribution >= 0.6 is 0 Å². The SMILES string of the molecule is COc1cccc(C2(F)CCCC(N)C2)c1. The number of benzene rings is 1. The van der Waals surface area contributed by atoms with Gasteiger partial charge in [0.25, 0.3) is 0 Å². The number of hydrogen-bond acceptors (Lipinski definition) is 2. The fourth-order valence-corrected chi connectivity index (χ4v) is 2.43. The number of nitrogens with two attached hydrogens (primary N) is 1. The third kappa shape index (κ3) is 2.19. The molecule has 1 aromatic carbocycles. The number of halogens is 1. The molecular weight excluding hydrogens is 205 g/mol. The minimum Gasteiger partial charge on any atom is -0.497 e. The minimum absolute atomic E-state index is 0.0232. The second kappa shape index (κ2) is 4.42. The van der Waals surface area contributed by atoms with Crippen LogP contribution in [0.5, 0.6) is 5.75 Å². The van der Waals surface area contributed by atoms with Crippen molar-refractivity contribution in [3.63, 3.8) is 0 Å². The molecule has 3 heteroatoms. The molecule has 0 spiro atoms. The summed E-state index contributed by atoms with van der Waals surface area (Å²) >= 11 is 0. The number of rotatable bonds is 2. The van der Waals surface area contributed by atoms with Crippen molar-refractivity contribution < 1.29 is 9.13 Å². The van der Waals surface area contributed by atoms with E-state index in [4.69, 9.17) is 10.5 Å². The first-order chi connectivity index (χ1) is 7.64. The van der Waals surface area contributed by atoms with E-state index < -0.39 is 5.67 Å². The van der Waals surface area contributed by atoms with Gasteiger partial charge >= 0.3 is 0 Å². The van der Waals surface area contributed by atoms with Gasteiger partial charge in [0.2, 0.25) is 0 Å². The van der Waals surface area contributed by atoms with Crippen LogP contribution in [0.25, 0.3) is 0 Å². The normalized spacial score (nSPS) is 30.1. The summed E-state index contributed by atoms with van der Waals surface area (Å²) in [5.41, 5.74) is 5.27. The van der Waals surface area contributed by atoms with Gasteiger partial charge in [-0.15, -0.1) is 0 Å². The molecule has 0 aliphatic heterocycles. The van der Waals surface area contributed by atoms with Crippen LogP contribution in [0.2, 0.25) is 0 Å². The fourth-order valence-electron chi connectivity index (χ4n) is 2.43. The number of alkyl halides is 1. The lowest BCUT2D eigenvalue weighted by atomic mass is 9.79. The summed E-state index contributed by atoms with van der Waals surface area (Å²) in [6.07, 6.45) is 2.76. The summed E-state index contributed by atoms with van der Waals surface area (Å²) in [6, 6.07) is 7.23. The second-order valence-electron chi connectivity index (χ2n) is 4.55. The van der Waals surface area contributed by atoms with E-state index in [1.165, 1.54) is 0 Å². The van der Waals surface area contributed by atoms with E-state index in [1.807, 2.05) is 18.2 Å². The zero-order chi connectivity index (χ0) is 11.6. The molecule has 0 radical (unpaired) electrons. The van der Waals surface area contributed by atoms with Gasteiger partial charge in [-0.1, -0.05) is 12.1 Å². The molecule has 0 heterocycles. The first-order valence-corrected chi connectivity index (χ1v) is 5.73. The van der Waals surface area contributed by atoms with Crippen molar-refractivity contribution >= 4 is 0 Å². The molecule has 1 aliphatic carbocycles. The molecule has 16 heavy (non-hydrogen) atoms. The van der Waals surface area contributed by atoms with E-state index in [-0.39, 0.29) is 6.04 Å². The van der Waals surface area contributed by atoms with Gasteiger partial charge in [-0.05, 0) is 37.0 Å². The first-order valence-electron chi connectivity index (χ1n) is 5.73. The number of ether oxygens (including phenoxy) is 1. The predicted molar refractivity (Wildman–Crippen MR) is 62.2 cm³/mol. The molecular formula is C13H18FNO. The fraction of sp³-hybridized carbons (Fsp3) is 0.538. The van der Waals surface area contributed by atoms with Crippen LogP contribution in [-0.4, -0.2) is 13.2 Å². The van der Waals surface area contributed by atoms with Gasteiger partial charge in [0.15, 0.2) is 0 Å². The van der Waals surface area contributed by atoms with Crippen molar-refractivity contribution in [2.75, 3.05) is 7.11 Å². The largest absolute Gasteiger partial charge is 0.497 e. The second-order valence-corrected chi connectivity index (χ2v) is 4.55. The van der Waals surface area contributed by atoms with Gasteiger partial charge in [0, 0.05) is 12.5 Å². The third-order valence-corrected chi connectivity index (χ3v) is 3.32. The average molecular weight is 223 g/mol. The Kier molecular flexibility index (Phi) is 3.15. The van der Waals surface area contributed by atoms with Crippen molar-refractivity contribution in [3.8, 4) is 5.75 Å². The van der Waals surface area contributed by atoms with Crippen LogP contribution in [0.1, 0.15) is 31.2 Å². The summed E-state index contributed by atoms with van der Waals surface area (Å²) in [5, 5.41) is 0. The first kappa shape index (κ1) is 11.4. The molecule has 2 unspecified atom stereocenters. The summed E-state index contributed by atoms with van der Waals surface area (Å²) in [4.78, 5) is 0. The topological polar surface area (TPSA) is 35.2 Å². The molecule has 2 atom stereocenters. The molecule has 1 fully saturated rings. The molecule has 1 aromatic rings. The molecule has 0 saturated heterocycles. The molecule has 88 valence electrons. The zero-order valence-electron chi connectivity index (χ0n) is 9.58. The molecule has 0 bridgehead atoms. The van der Waals surface area contributed by atoms with Crippen LogP contribution in [0.4, 0.5) is 4.39 Å². The smallest absolute Gasteiger partial charge is 0.137 e. The van der Waals surface area contributed by atoms with Gasteiger partial charge in [0.1, 0.15) is 11.4 Å². The summed E-state index contributed by atoms with van der Waals surface area (Å²) in [5.74, 6) is 0.702. The quantitative estimate of drug-likeness (QED) is 0.836. The number of hydrogen-bond donors (Lipinski definition) is 1. The minimum atomic E-state index is -1.27. The Hall–Kier alpha value is -1.09. The lowest BCUT2D eigenvalue weighted by Crippen LogP contribution is -2.36. The highest BCUT2D eigenvalue weighted by Gasteiger charge is 2.36. The average Bonchev–Trinajstić information content (AvgIpc) is 2.29. The van der Waals surface area contributed by atoms with Crippen molar-refractivity contribution in [3.05, 3.63) is 29.8 Å². The Morgan fingerprint density at radius 3 is 3.00 bits per heavy atom.